The Balaban J connectivity index is 1.42. The Kier molecular flexibility index (Phi) is 7.07. The lowest BCUT2D eigenvalue weighted by atomic mass is 10.1. The summed E-state index contributed by atoms with van der Waals surface area (Å²) in [5.41, 5.74) is -1.44. The summed E-state index contributed by atoms with van der Waals surface area (Å²) in [7, 11) is 0. The number of hydrogen-bond donors (Lipinski definition) is 0. The summed E-state index contributed by atoms with van der Waals surface area (Å²) in [5.74, 6) is -0.800. The Morgan fingerprint density at radius 3 is 2.25 bits per heavy atom. The van der Waals surface area contributed by atoms with Crippen LogP contribution in [0.2, 0.25) is 5.02 Å². The Hall–Kier alpha value is -3.41. The van der Waals surface area contributed by atoms with E-state index in [1.54, 1.807) is 23.1 Å². The number of nitrogens with zero attached hydrogens (tertiary/aromatic N) is 4. The highest BCUT2D eigenvalue weighted by Crippen LogP contribution is 2.34. The van der Waals surface area contributed by atoms with Crippen LogP contribution in [-0.2, 0) is 17.1 Å². The maximum Gasteiger partial charge on any atom is 0.435 e. The maximum atomic E-state index is 13.2. The van der Waals surface area contributed by atoms with E-state index in [-0.39, 0.29) is 42.8 Å². The van der Waals surface area contributed by atoms with Gasteiger partial charge in [-0.05, 0) is 30.3 Å². The summed E-state index contributed by atoms with van der Waals surface area (Å²) in [5, 5.41) is 3.68. The maximum absolute atomic E-state index is 13.2. The SMILES string of the molecule is O=C(COc1cc(C(F)(F)F)nn1-c1ccccc1Cl)N1CCN(c2cccc(C(F)(F)F)c2)CC1. The summed E-state index contributed by atoms with van der Waals surface area (Å²) >= 11 is 6.10. The van der Waals surface area contributed by atoms with E-state index in [0.29, 0.717) is 11.8 Å². The molecule has 1 saturated heterocycles. The van der Waals surface area contributed by atoms with Crippen LogP contribution in [0, 0.1) is 0 Å². The highest BCUT2D eigenvalue weighted by atomic mass is 35.5. The number of benzene rings is 2. The Morgan fingerprint density at radius 2 is 1.61 bits per heavy atom. The van der Waals surface area contributed by atoms with E-state index in [1.165, 1.54) is 23.1 Å². The molecule has 0 aliphatic carbocycles. The van der Waals surface area contributed by atoms with Crippen molar-refractivity contribution in [3.63, 3.8) is 0 Å². The number of para-hydroxylation sites is 1. The summed E-state index contributed by atoms with van der Waals surface area (Å²) in [6.07, 6.45) is -9.21. The molecule has 1 fully saturated rings. The summed E-state index contributed by atoms with van der Waals surface area (Å²) in [4.78, 5) is 15.8. The summed E-state index contributed by atoms with van der Waals surface area (Å²) in [6, 6.07) is 11.7. The Morgan fingerprint density at radius 1 is 0.917 bits per heavy atom. The van der Waals surface area contributed by atoms with Gasteiger partial charge in [0.15, 0.2) is 12.3 Å². The third-order valence-corrected chi connectivity index (χ3v) is 5.88. The van der Waals surface area contributed by atoms with Gasteiger partial charge in [0.25, 0.3) is 5.91 Å². The van der Waals surface area contributed by atoms with E-state index >= 15 is 0 Å². The topological polar surface area (TPSA) is 50.6 Å². The van der Waals surface area contributed by atoms with Crippen molar-refractivity contribution < 1.29 is 35.9 Å². The van der Waals surface area contributed by atoms with Crippen molar-refractivity contribution in [2.45, 2.75) is 12.4 Å². The van der Waals surface area contributed by atoms with Crippen LogP contribution >= 0.6 is 11.6 Å². The van der Waals surface area contributed by atoms with Crippen LogP contribution in [0.4, 0.5) is 32.0 Å². The molecule has 0 radical (unpaired) electrons. The predicted octanol–water partition coefficient (Wildman–Crippen LogP) is 5.29. The largest absolute Gasteiger partial charge is 0.467 e. The van der Waals surface area contributed by atoms with Gasteiger partial charge in [-0.2, -0.15) is 36.1 Å². The number of anilines is 1. The number of rotatable bonds is 5. The van der Waals surface area contributed by atoms with Gasteiger partial charge in [0, 0.05) is 37.9 Å². The Labute approximate surface area is 206 Å². The molecule has 13 heteroatoms. The molecule has 192 valence electrons. The lowest BCUT2D eigenvalue weighted by molar-refractivity contribution is -0.141. The first-order chi connectivity index (χ1) is 16.9. The molecule has 36 heavy (non-hydrogen) atoms. The van der Waals surface area contributed by atoms with Crippen LogP contribution in [-0.4, -0.2) is 53.4 Å². The molecule has 0 saturated carbocycles. The highest BCUT2D eigenvalue weighted by molar-refractivity contribution is 6.32. The van der Waals surface area contributed by atoms with Gasteiger partial charge in [0.2, 0.25) is 5.88 Å². The molecule has 1 aliphatic rings. The molecule has 2 aromatic carbocycles. The minimum Gasteiger partial charge on any atom is -0.467 e. The molecule has 0 unspecified atom stereocenters. The number of carbonyl (C=O) groups is 1. The van der Waals surface area contributed by atoms with Gasteiger partial charge in [-0.15, -0.1) is 0 Å². The highest BCUT2D eigenvalue weighted by Gasteiger charge is 2.36. The quantitative estimate of drug-likeness (QED) is 0.419. The predicted molar refractivity (Wildman–Crippen MR) is 119 cm³/mol. The average molecular weight is 533 g/mol. The first-order valence-corrected chi connectivity index (χ1v) is 11.1. The van der Waals surface area contributed by atoms with Crippen molar-refractivity contribution in [3.8, 4) is 11.6 Å². The zero-order valence-corrected chi connectivity index (χ0v) is 19.2. The first-order valence-electron chi connectivity index (χ1n) is 10.7. The molecule has 0 atom stereocenters. The Bertz CT molecular complexity index is 1240. The molecule has 1 aliphatic heterocycles. The van der Waals surface area contributed by atoms with Crippen LogP contribution in [0.15, 0.2) is 54.6 Å². The van der Waals surface area contributed by atoms with E-state index in [0.717, 1.165) is 16.8 Å². The number of carbonyl (C=O) groups excluding carboxylic acids is 1. The van der Waals surface area contributed by atoms with Crippen molar-refractivity contribution in [2.24, 2.45) is 0 Å². The van der Waals surface area contributed by atoms with Gasteiger partial charge in [-0.25, -0.2) is 0 Å². The van der Waals surface area contributed by atoms with Gasteiger partial charge in [0.1, 0.15) is 0 Å². The number of piperazine rings is 1. The fourth-order valence-corrected chi connectivity index (χ4v) is 3.94. The van der Waals surface area contributed by atoms with E-state index in [4.69, 9.17) is 16.3 Å². The van der Waals surface area contributed by atoms with Gasteiger partial charge in [-0.3, -0.25) is 4.79 Å². The van der Waals surface area contributed by atoms with Crippen molar-refractivity contribution in [3.05, 3.63) is 70.9 Å². The number of halogens is 7. The van der Waals surface area contributed by atoms with Crippen LogP contribution in [0.1, 0.15) is 11.3 Å². The van der Waals surface area contributed by atoms with Crippen LogP contribution in [0.5, 0.6) is 5.88 Å². The number of amides is 1. The molecule has 0 spiro atoms. The lowest BCUT2D eigenvalue weighted by Gasteiger charge is -2.36. The summed E-state index contributed by atoms with van der Waals surface area (Å²) in [6.45, 7) is 0.411. The molecular weight excluding hydrogens is 514 g/mol. The van der Waals surface area contributed by atoms with Crippen molar-refractivity contribution >= 4 is 23.2 Å². The van der Waals surface area contributed by atoms with Gasteiger partial charge in [-0.1, -0.05) is 29.8 Å². The van der Waals surface area contributed by atoms with Gasteiger partial charge >= 0.3 is 12.4 Å². The molecular formula is C23H19ClF6N4O2. The van der Waals surface area contributed by atoms with Gasteiger partial charge in [0.05, 0.1) is 16.3 Å². The number of hydrogen-bond acceptors (Lipinski definition) is 4. The van der Waals surface area contributed by atoms with Crippen LogP contribution in [0.3, 0.4) is 0 Å². The fraction of sp³-hybridized carbons (Fsp3) is 0.304. The van der Waals surface area contributed by atoms with Crippen molar-refractivity contribution in [2.75, 3.05) is 37.7 Å². The molecule has 6 nitrogen and oxygen atoms in total. The number of aromatic nitrogens is 2. The second-order valence-corrected chi connectivity index (χ2v) is 8.34. The molecule has 1 amide bonds. The molecule has 0 N–H and O–H groups in total. The number of alkyl halides is 6. The van der Waals surface area contributed by atoms with Crippen molar-refractivity contribution in [1.29, 1.82) is 0 Å². The fourth-order valence-electron chi connectivity index (χ4n) is 3.72. The average Bonchev–Trinajstić information content (AvgIpc) is 3.27. The standard InChI is InChI=1S/C23H19ClF6N4O2/c24-17-6-1-2-7-18(17)34-21(13-19(31-34)23(28,29)30)36-14-20(35)33-10-8-32(9-11-33)16-5-3-4-15(12-16)22(25,26)27/h1-7,12-13H,8-11,14H2. The number of ether oxygens (including phenoxy) is 1. The third kappa shape index (κ3) is 5.69. The monoisotopic (exact) mass is 532 g/mol. The van der Waals surface area contributed by atoms with E-state index < -0.39 is 36.1 Å². The van der Waals surface area contributed by atoms with E-state index in [9.17, 15) is 31.1 Å². The third-order valence-electron chi connectivity index (χ3n) is 5.56. The van der Waals surface area contributed by atoms with E-state index in [2.05, 4.69) is 5.10 Å². The normalized spacial score (nSPS) is 14.8. The second kappa shape index (κ2) is 9.92. The van der Waals surface area contributed by atoms with Gasteiger partial charge < -0.3 is 14.5 Å². The summed E-state index contributed by atoms with van der Waals surface area (Å²) < 4.78 is 85.0. The van der Waals surface area contributed by atoms with Crippen molar-refractivity contribution in [1.82, 2.24) is 14.7 Å². The first kappa shape index (κ1) is 25.7. The zero-order valence-electron chi connectivity index (χ0n) is 18.5. The second-order valence-electron chi connectivity index (χ2n) is 7.93. The molecule has 2 heterocycles. The smallest absolute Gasteiger partial charge is 0.435 e. The zero-order chi connectivity index (χ0) is 26.1. The molecule has 0 bridgehead atoms. The van der Waals surface area contributed by atoms with E-state index in [1.807, 2.05) is 0 Å². The minimum absolute atomic E-state index is 0.135. The lowest BCUT2D eigenvalue weighted by Crippen LogP contribution is -2.50. The molecule has 1 aromatic heterocycles. The minimum atomic E-state index is -4.74. The molecule has 3 aromatic rings. The van der Waals surface area contributed by atoms with Crippen LogP contribution in [0.25, 0.3) is 5.69 Å². The van der Waals surface area contributed by atoms with Crippen LogP contribution < -0.4 is 9.64 Å². The molecule has 4 rings (SSSR count).